The molecule has 104 valence electrons. The SMILES string of the molecule is O=c1ccn(-c2ccc(OC3CCNC3)cc2)c(=O)[nH]1. The maximum absolute atomic E-state index is 11.7. The molecule has 2 aromatic rings. The summed E-state index contributed by atoms with van der Waals surface area (Å²) in [5, 5.41) is 3.24. The van der Waals surface area contributed by atoms with Gasteiger partial charge in [0.2, 0.25) is 0 Å². The zero-order valence-corrected chi connectivity index (χ0v) is 10.8. The van der Waals surface area contributed by atoms with Crippen LogP contribution in [-0.4, -0.2) is 28.7 Å². The van der Waals surface area contributed by atoms with E-state index < -0.39 is 11.2 Å². The molecule has 1 saturated heterocycles. The lowest BCUT2D eigenvalue weighted by Crippen LogP contribution is -2.27. The maximum Gasteiger partial charge on any atom is 0.332 e. The highest BCUT2D eigenvalue weighted by Crippen LogP contribution is 2.17. The van der Waals surface area contributed by atoms with Crippen molar-refractivity contribution in [1.82, 2.24) is 14.9 Å². The van der Waals surface area contributed by atoms with Crippen molar-refractivity contribution >= 4 is 0 Å². The standard InChI is InChI=1S/C14H15N3O3/c18-13-6-8-17(14(19)16-13)10-1-3-11(4-2-10)20-12-5-7-15-9-12/h1-4,6,8,12,15H,5,7,9H2,(H,16,18,19). The Bertz CT molecular complexity index is 697. The first-order valence-corrected chi connectivity index (χ1v) is 6.52. The summed E-state index contributed by atoms with van der Waals surface area (Å²) >= 11 is 0. The zero-order valence-electron chi connectivity index (χ0n) is 10.8. The summed E-state index contributed by atoms with van der Waals surface area (Å²) in [6.07, 6.45) is 2.66. The van der Waals surface area contributed by atoms with Crippen molar-refractivity contribution in [2.24, 2.45) is 0 Å². The molecule has 1 aliphatic heterocycles. The monoisotopic (exact) mass is 273 g/mol. The van der Waals surface area contributed by atoms with E-state index in [9.17, 15) is 9.59 Å². The van der Waals surface area contributed by atoms with E-state index in [2.05, 4.69) is 10.3 Å². The topological polar surface area (TPSA) is 76.1 Å². The lowest BCUT2D eigenvalue weighted by Gasteiger charge is -2.13. The van der Waals surface area contributed by atoms with Gasteiger partial charge in [-0.05, 0) is 37.2 Å². The molecule has 0 radical (unpaired) electrons. The largest absolute Gasteiger partial charge is 0.489 e. The lowest BCUT2D eigenvalue weighted by molar-refractivity contribution is 0.223. The maximum atomic E-state index is 11.7. The molecule has 20 heavy (non-hydrogen) atoms. The minimum atomic E-state index is -0.453. The molecule has 0 saturated carbocycles. The van der Waals surface area contributed by atoms with Gasteiger partial charge in [-0.15, -0.1) is 0 Å². The second-order valence-electron chi connectivity index (χ2n) is 4.71. The van der Waals surface area contributed by atoms with Crippen LogP contribution in [0.25, 0.3) is 5.69 Å². The van der Waals surface area contributed by atoms with E-state index in [0.29, 0.717) is 5.69 Å². The van der Waals surface area contributed by atoms with Crippen molar-refractivity contribution < 1.29 is 4.74 Å². The van der Waals surface area contributed by atoms with E-state index in [1.54, 1.807) is 12.1 Å². The Morgan fingerprint density at radius 3 is 2.60 bits per heavy atom. The summed E-state index contributed by atoms with van der Waals surface area (Å²) < 4.78 is 7.19. The van der Waals surface area contributed by atoms with Crippen molar-refractivity contribution in [2.45, 2.75) is 12.5 Å². The van der Waals surface area contributed by atoms with Gasteiger partial charge in [-0.3, -0.25) is 14.3 Å². The first-order chi connectivity index (χ1) is 9.72. The van der Waals surface area contributed by atoms with Gasteiger partial charge < -0.3 is 10.1 Å². The molecule has 0 amide bonds. The van der Waals surface area contributed by atoms with Crippen LogP contribution in [0.4, 0.5) is 0 Å². The van der Waals surface area contributed by atoms with Gasteiger partial charge in [-0.1, -0.05) is 0 Å². The number of aromatic nitrogens is 2. The Labute approximate surface area is 115 Å². The van der Waals surface area contributed by atoms with Gasteiger partial charge in [0.15, 0.2) is 0 Å². The molecule has 1 aliphatic rings. The molecule has 2 N–H and O–H groups in total. The lowest BCUT2D eigenvalue weighted by atomic mass is 10.2. The fourth-order valence-corrected chi connectivity index (χ4v) is 2.23. The summed E-state index contributed by atoms with van der Waals surface area (Å²) in [5.74, 6) is 0.778. The van der Waals surface area contributed by atoms with Crippen molar-refractivity contribution in [2.75, 3.05) is 13.1 Å². The number of hydrogen-bond donors (Lipinski definition) is 2. The van der Waals surface area contributed by atoms with Crippen molar-refractivity contribution in [3.8, 4) is 11.4 Å². The molecule has 2 heterocycles. The number of ether oxygens (including phenoxy) is 1. The third-order valence-corrected chi connectivity index (χ3v) is 3.26. The smallest absolute Gasteiger partial charge is 0.332 e. The third-order valence-electron chi connectivity index (χ3n) is 3.26. The summed E-state index contributed by atoms with van der Waals surface area (Å²) in [7, 11) is 0. The minimum absolute atomic E-state index is 0.205. The molecule has 6 heteroatoms. The first kappa shape index (κ1) is 12.7. The Kier molecular flexibility index (Phi) is 3.39. The van der Waals surface area contributed by atoms with Crippen LogP contribution in [0.5, 0.6) is 5.75 Å². The Hall–Kier alpha value is -2.34. The molecule has 3 rings (SSSR count). The van der Waals surface area contributed by atoms with E-state index in [1.165, 1.54) is 16.8 Å². The Morgan fingerprint density at radius 1 is 1.15 bits per heavy atom. The van der Waals surface area contributed by atoms with Crippen LogP contribution in [0, 0.1) is 0 Å². The molecule has 6 nitrogen and oxygen atoms in total. The van der Waals surface area contributed by atoms with Crippen LogP contribution in [0.2, 0.25) is 0 Å². The van der Waals surface area contributed by atoms with Gasteiger partial charge in [0, 0.05) is 18.8 Å². The molecule has 1 atom stereocenters. The molecular weight excluding hydrogens is 258 g/mol. The van der Waals surface area contributed by atoms with Crippen LogP contribution in [0.15, 0.2) is 46.1 Å². The van der Waals surface area contributed by atoms with E-state index in [1.807, 2.05) is 12.1 Å². The number of hydrogen-bond acceptors (Lipinski definition) is 4. The van der Waals surface area contributed by atoms with Gasteiger partial charge >= 0.3 is 5.69 Å². The van der Waals surface area contributed by atoms with Gasteiger partial charge in [0.25, 0.3) is 5.56 Å². The van der Waals surface area contributed by atoms with Gasteiger partial charge in [0.1, 0.15) is 11.9 Å². The fourth-order valence-electron chi connectivity index (χ4n) is 2.23. The molecule has 0 spiro atoms. The molecule has 1 unspecified atom stereocenters. The third kappa shape index (κ3) is 2.65. The molecule has 0 bridgehead atoms. The van der Waals surface area contributed by atoms with E-state index in [-0.39, 0.29) is 6.10 Å². The Morgan fingerprint density at radius 2 is 1.95 bits per heavy atom. The summed E-state index contributed by atoms with van der Waals surface area (Å²) in [5.41, 5.74) is -0.172. The highest BCUT2D eigenvalue weighted by Gasteiger charge is 2.15. The average molecular weight is 273 g/mol. The van der Waals surface area contributed by atoms with Crippen LogP contribution in [0.1, 0.15) is 6.42 Å². The highest BCUT2D eigenvalue weighted by molar-refractivity contribution is 5.37. The number of nitrogens with zero attached hydrogens (tertiary/aromatic N) is 1. The van der Waals surface area contributed by atoms with Crippen molar-refractivity contribution in [1.29, 1.82) is 0 Å². The normalized spacial score (nSPS) is 18.1. The second kappa shape index (κ2) is 5.34. The summed E-state index contributed by atoms with van der Waals surface area (Å²) in [4.78, 5) is 24.9. The summed E-state index contributed by atoms with van der Waals surface area (Å²) in [6.45, 7) is 1.84. The summed E-state index contributed by atoms with van der Waals surface area (Å²) in [6, 6.07) is 8.54. The molecule has 1 fully saturated rings. The van der Waals surface area contributed by atoms with Gasteiger partial charge in [-0.25, -0.2) is 4.79 Å². The van der Waals surface area contributed by atoms with E-state index in [0.717, 1.165) is 25.3 Å². The quantitative estimate of drug-likeness (QED) is 0.841. The number of benzene rings is 1. The van der Waals surface area contributed by atoms with Crippen LogP contribution in [-0.2, 0) is 0 Å². The molecular formula is C14H15N3O3. The minimum Gasteiger partial charge on any atom is -0.489 e. The highest BCUT2D eigenvalue weighted by atomic mass is 16.5. The van der Waals surface area contributed by atoms with Gasteiger partial charge in [-0.2, -0.15) is 0 Å². The second-order valence-corrected chi connectivity index (χ2v) is 4.71. The number of aromatic amines is 1. The number of H-pyrrole nitrogens is 1. The van der Waals surface area contributed by atoms with Crippen molar-refractivity contribution in [3.05, 3.63) is 57.4 Å². The molecule has 1 aromatic heterocycles. The predicted octanol–water partition coefficient (Wildman–Crippen LogP) is 0.267. The van der Waals surface area contributed by atoms with Crippen LogP contribution >= 0.6 is 0 Å². The van der Waals surface area contributed by atoms with Crippen molar-refractivity contribution in [3.63, 3.8) is 0 Å². The molecule has 0 aliphatic carbocycles. The van der Waals surface area contributed by atoms with E-state index >= 15 is 0 Å². The van der Waals surface area contributed by atoms with Gasteiger partial charge in [0.05, 0.1) is 5.69 Å². The van der Waals surface area contributed by atoms with Crippen LogP contribution in [0.3, 0.4) is 0 Å². The Balaban J connectivity index is 1.81. The zero-order chi connectivity index (χ0) is 13.9. The number of nitrogens with one attached hydrogen (secondary N) is 2. The fraction of sp³-hybridized carbons (Fsp3) is 0.286. The molecule has 1 aromatic carbocycles. The van der Waals surface area contributed by atoms with Crippen LogP contribution < -0.4 is 21.3 Å². The first-order valence-electron chi connectivity index (χ1n) is 6.52. The predicted molar refractivity (Wildman–Crippen MR) is 74.6 cm³/mol. The average Bonchev–Trinajstić information content (AvgIpc) is 2.93. The number of rotatable bonds is 3. The van der Waals surface area contributed by atoms with E-state index in [4.69, 9.17) is 4.74 Å².